The molecule has 1 aliphatic heterocycles. The standard InChI is InChI=1S/C12H23N3O2/c13-12(16)15-6-3-11(4-7-15)14-5-8-17-9-10-1-2-10/h10-11,14H,1-9H2,(H2,13,16). The summed E-state index contributed by atoms with van der Waals surface area (Å²) in [5.41, 5.74) is 5.23. The number of hydrogen-bond acceptors (Lipinski definition) is 3. The number of nitrogens with two attached hydrogens (primary N) is 1. The summed E-state index contributed by atoms with van der Waals surface area (Å²) in [5.74, 6) is 0.841. The highest BCUT2D eigenvalue weighted by Crippen LogP contribution is 2.28. The van der Waals surface area contributed by atoms with Crippen molar-refractivity contribution in [2.24, 2.45) is 11.7 Å². The van der Waals surface area contributed by atoms with Gasteiger partial charge in [0.2, 0.25) is 0 Å². The van der Waals surface area contributed by atoms with Crippen LogP contribution in [0.15, 0.2) is 0 Å². The average molecular weight is 241 g/mol. The van der Waals surface area contributed by atoms with Crippen molar-refractivity contribution >= 4 is 6.03 Å². The molecule has 5 heteroatoms. The van der Waals surface area contributed by atoms with Crippen molar-refractivity contribution in [2.75, 3.05) is 32.8 Å². The molecule has 0 aromatic heterocycles. The molecule has 98 valence electrons. The molecule has 2 amide bonds. The fourth-order valence-electron chi connectivity index (χ4n) is 2.17. The highest BCUT2D eigenvalue weighted by Gasteiger charge is 2.22. The van der Waals surface area contributed by atoms with Crippen LogP contribution in [0.5, 0.6) is 0 Å². The van der Waals surface area contributed by atoms with Crippen molar-refractivity contribution in [3.8, 4) is 0 Å². The average Bonchev–Trinajstić information content (AvgIpc) is 3.13. The van der Waals surface area contributed by atoms with E-state index in [4.69, 9.17) is 10.5 Å². The lowest BCUT2D eigenvalue weighted by Gasteiger charge is -2.31. The molecule has 0 atom stereocenters. The van der Waals surface area contributed by atoms with Gasteiger partial charge < -0.3 is 20.7 Å². The number of rotatable bonds is 6. The van der Waals surface area contributed by atoms with Gasteiger partial charge in [-0.2, -0.15) is 0 Å². The first-order valence-corrected chi connectivity index (χ1v) is 6.61. The van der Waals surface area contributed by atoms with Crippen molar-refractivity contribution in [1.82, 2.24) is 10.2 Å². The van der Waals surface area contributed by atoms with E-state index in [2.05, 4.69) is 5.32 Å². The van der Waals surface area contributed by atoms with Crippen LogP contribution in [0.2, 0.25) is 0 Å². The fourth-order valence-corrected chi connectivity index (χ4v) is 2.17. The normalized spacial score (nSPS) is 21.8. The van der Waals surface area contributed by atoms with Gasteiger partial charge in [-0.25, -0.2) is 4.79 Å². The van der Waals surface area contributed by atoms with Crippen LogP contribution in [0, 0.1) is 5.92 Å². The monoisotopic (exact) mass is 241 g/mol. The highest BCUT2D eigenvalue weighted by molar-refractivity contribution is 5.72. The lowest BCUT2D eigenvalue weighted by molar-refractivity contribution is 0.120. The largest absolute Gasteiger partial charge is 0.380 e. The van der Waals surface area contributed by atoms with E-state index < -0.39 is 0 Å². The van der Waals surface area contributed by atoms with Crippen molar-refractivity contribution < 1.29 is 9.53 Å². The van der Waals surface area contributed by atoms with E-state index in [1.165, 1.54) is 12.8 Å². The lowest BCUT2D eigenvalue weighted by atomic mass is 10.1. The Labute approximate surface area is 103 Å². The molecule has 3 N–H and O–H groups in total. The maximum atomic E-state index is 10.9. The van der Waals surface area contributed by atoms with Crippen molar-refractivity contribution in [2.45, 2.75) is 31.7 Å². The minimum absolute atomic E-state index is 0.295. The predicted octanol–water partition coefficient (Wildman–Crippen LogP) is 0.546. The minimum Gasteiger partial charge on any atom is -0.380 e. The lowest BCUT2D eigenvalue weighted by Crippen LogP contribution is -2.47. The van der Waals surface area contributed by atoms with Crippen LogP contribution < -0.4 is 11.1 Å². The van der Waals surface area contributed by atoms with Crippen LogP contribution in [0.3, 0.4) is 0 Å². The molecule has 2 fully saturated rings. The third kappa shape index (κ3) is 4.52. The summed E-state index contributed by atoms with van der Waals surface area (Å²) in [6.07, 6.45) is 4.68. The Morgan fingerprint density at radius 3 is 2.59 bits per heavy atom. The summed E-state index contributed by atoms with van der Waals surface area (Å²) in [6.45, 7) is 4.19. The molecular formula is C12H23N3O2. The summed E-state index contributed by atoms with van der Waals surface area (Å²) in [7, 11) is 0. The number of nitrogens with one attached hydrogen (secondary N) is 1. The first kappa shape index (κ1) is 12.6. The maximum absolute atomic E-state index is 10.9. The Hall–Kier alpha value is -0.810. The van der Waals surface area contributed by atoms with Gasteiger partial charge in [-0.05, 0) is 31.6 Å². The Bertz CT molecular complexity index is 248. The number of carbonyl (C=O) groups excluding carboxylic acids is 1. The Morgan fingerprint density at radius 2 is 2.00 bits per heavy atom. The molecule has 0 aromatic carbocycles. The first-order valence-electron chi connectivity index (χ1n) is 6.61. The minimum atomic E-state index is -0.295. The van der Waals surface area contributed by atoms with E-state index in [-0.39, 0.29) is 6.03 Å². The van der Waals surface area contributed by atoms with E-state index in [1.54, 1.807) is 4.90 Å². The quantitative estimate of drug-likeness (QED) is 0.667. The molecule has 1 aliphatic carbocycles. The second-order valence-corrected chi connectivity index (χ2v) is 5.07. The van der Waals surface area contributed by atoms with E-state index in [0.29, 0.717) is 6.04 Å². The number of nitrogens with zero attached hydrogens (tertiary/aromatic N) is 1. The van der Waals surface area contributed by atoms with E-state index >= 15 is 0 Å². The number of likely N-dealkylation sites (tertiary alicyclic amines) is 1. The van der Waals surface area contributed by atoms with Gasteiger partial charge in [-0.15, -0.1) is 0 Å². The number of carbonyl (C=O) groups is 1. The number of primary amides is 1. The molecule has 0 radical (unpaired) electrons. The van der Waals surface area contributed by atoms with Crippen LogP contribution in [0.4, 0.5) is 4.79 Å². The van der Waals surface area contributed by atoms with Crippen LogP contribution in [-0.4, -0.2) is 49.8 Å². The van der Waals surface area contributed by atoms with Crippen molar-refractivity contribution in [3.05, 3.63) is 0 Å². The number of urea groups is 1. The molecule has 2 rings (SSSR count). The molecule has 0 spiro atoms. The topological polar surface area (TPSA) is 67.6 Å². The van der Waals surface area contributed by atoms with Gasteiger partial charge in [0.05, 0.1) is 6.61 Å². The maximum Gasteiger partial charge on any atom is 0.314 e. The summed E-state index contributed by atoms with van der Waals surface area (Å²) in [6, 6.07) is 0.214. The van der Waals surface area contributed by atoms with Crippen molar-refractivity contribution in [3.63, 3.8) is 0 Å². The smallest absolute Gasteiger partial charge is 0.314 e. The number of hydrogen-bond donors (Lipinski definition) is 2. The molecule has 0 unspecified atom stereocenters. The summed E-state index contributed by atoms with van der Waals surface area (Å²) >= 11 is 0. The molecule has 2 aliphatic rings. The van der Waals surface area contributed by atoms with Gasteiger partial charge in [-0.1, -0.05) is 0 Å². The zero-order chi connectivity index (χ0) is 12.1. The summed E-state index contributed by atoms with van der Waals surface area (Å²) in [4.78, 5) is 12.6. The zero-order valence-corrected chi connectivity index (χ0v) is 10.4. The second kappa shape index (κ2) is 6.21. The van der Waals surface area contributed by atoms with Gasteiger partial charge in [0.15, 0.2) is 0 Å². The van der Waals surface area contributed by atoms with Crippen LogP contribution in [0.25, 0.3) is 0 Å². The van der Waals surface area contributed by atoms with Crippen LogP contribution in [-0.2, 0) is 4.74 Å². The predicted molar refractivity (Wildman–Crippen MR) is 65.7 cm³/mol. The van der Waals surface area contributed by atoms with Crippen LogP contribution in [0.1, 0.15) is 25.7 Å². The van der Waals surface area contributed by atoms with Crippen molar-refractivity contribution in [1.29, 1.82) is 0 Å². The number of ether oxygens (including phenoxy) is 1. The molecule has 0 aromatic rings. The van der Waals surface area contributed by atoms with Gasteiger partial charge >= 0.3 is 6.03 Å². The Balaban J connectivity index is 1.47. The summed E-state index contributed by atoms with van der Waals surface area (Å²) < 4.78 is 5.56. The molecule has 17 heavy (non-hydrogen) atoms. The Kier molecular flexibility index (Phi) is 4.62. The SMILES string of the molecule is NC(=O)N1CCC(NCCOCC2CC2)CC1. The molecule has 1 heterocycles. The Morgan fingerprint density at radius 1 is 1.29 bits per heavy atom. The van der Waals surface area contributed by atoms with Gasteiger partial charge in [0.1, 0.15) is 0 Å². The molecule has 1 saturated carbocycles. The first-order chi connectivity index (χ1) is 8.25. The van der Waals surface area contributed by atoms with Gasteiger partial charge in [0.25, 0.3) is 0 Å². The van der Waals surface area contributed by atoms with E-state index in [1.807, 2.05) is 0 Å². The zero-order valence-electron chi connectivity index (χ0n) is 10.4. The highest BCUT2D eigenvalue weighted by atomic mass is 16.5. The summed E-state index contributed by atoms with van der Waals surface area (Å²) in [5, 5.41) is 3.47. The van der Waals surface area contributed by atoms with E-state index in [0.717, 1.165) is 51.6 Å². The molecule has 0 bridgehead atoms. The van der Waals surface area contributed by atoms with Gasteiger partial charge in [0, 0.05) is 32.3 Å². The molecule has 5 nitrogen and oxygen atoms in total. The molecular weight excluding hydrogens is 218 g/mol. The number of amides is 2. The van der Waals surface area contributed by atoms with Crippen LogP contribution >= 0.6 is 0 Å². The van der Waals surface area contributed by atoms with E-state index in [9.17, 15) is 4.79 Å². The molecule has 1 saturated heterocycles. The number of piperidine rings is 1. The van der Waals surface area contributed by atoms with Gasteiger partial charge in [-0.3, -0.25) is 0 Å². The third-order valence-electron chi connectivity index (χ3n) is 3.54. The third-order valence-corrected chi connectivity index (χ3v) is 3.54. The second-order valence-electron chi connectivity index (χ2n) is 5.07. The fraction of sp³-hybridized carbons (Fsp3) is 0.917.